The van der Waals surface area contributed by atoms with E-state index in [4.69, 9.17) is 26.8 Å². The summed E-state index contributed by atoms with van der Waals surface area (Å²) in [6.07, 6.45) is 0.0471. The molecule has 0 unspecified atom stereocenters. The van der Waals surface area contributed by atoms with Crippen LogP contribution in [0.3, 0.4) is 0 Å². The summed E-state index contributed by atoms with van der Waals surface area (Å²) in [4.78, 5) is 37.7. The number of carboxylic acids is 1. The van der Waals surface area contributed by atoms with Crippen molar-refractivity contribution in [2.24, 2.45) is 17.4 Å². The maximum Gasteiger partial charge on any atom is 0.327 e. The average Bonchev–Trinajstić information content (AvgIpc) is 3.05. The van der Waals surface area contributed by atoms with Crippen LogP contribution < -0.4 is 11.5 Å². The van der Waals surface area contributed by atoms with E-state index >= 15 is 0 Å². The number of halogens is 1. The number of nitrogens with zero attached hydrogens (tertiary/aromatic N) is 1. The third-order valence-electron chi connectivity index (χ3n) is 5.66. The van der Waals surface area contributed by atoms with Gasteiger partial charge in [0.1, 0.15) is 6.04 Å². The number of aliphatic hydroxyl groups excluding tert-OH is 3. The molecular formula is C21H32ClN3O7S. The Hall–Kier alpha value is -1.73. The molecular weight excluding hydrogens is 474 g/mol. The van der Waals surface area contributed by atoms with Crippen molar-refractivity contribution in [3.8, 4) is 0 Å². The fourth-order valence-corrected chi connectivity index (χ4v) is 5.30. The second-order valence-electron chi connectivity index (χ2n) is 8.60. The molecule has 2 fully saturated rings. The van der Waals surface area contributed by atoms with E-state index in [1.807, 2.05) is 32.0 Å². The molecule has 33 heavy (non-hydrogen) atoms. The first-order valence-electron chi connectivity index (χ1n) is 10.1. The van der Waals surface area contributed by atoms with Crippen LogP contribution in [-0.4, -0.2) is 84.5 Å². The Balaban J connectivity index is 0.000000523. The molecule has 8 N–H and O–H groups in total. The lowest BCUT2D eigenvalue weighted by molar-refractivity contribution is -0.164. The zero-order chi connectivity index (χ0) is 24.3. The molecule has 0 aromatic heterocycles. The molecule has 10 nitrogen and oxygen atoms in total. The van der Waals surface area contributed by atoms with Crippen molar-refractivity contribution in [3.05, 3.63) is 35.9 Å². The fourth-order valence-electron chi connectivity index (χ4n) is 3.62. The summed E-state index contributed by atoms with van der Waals surface area (Å²) in [5, 5.41) is 34.2. The van der Waals surface area contributed by atoms with Crippen molar-refractivity contribution < 1.29 is 34.8 Å². The van der Waals surface area contributed by atoms with E-state index in [9.17, 15) is 19.5 Å². The summed E-state index contributed by atoms with van der Waals surface area (Å²) >= 11 is 1.45. The second-order valence-corrected chi connectivity index (χ2v) is 10.4. The van der Waals surface area contributed by atoms with Crippen LogP contribution in [0.1, 0.15) is 31.9 Å². The van der Waals surface area contributed by atoms with Gasteiger partial charge in [0, 0.05) is 11.2 Å². The van der Waals surface area contributed by atoms with E-state index in [0.29, 0.717) is 5.56 Å². The van der Waals surface area contributed by atoms with Gasteiger partial charge in [-0.3, -0.25) is 9.59 Å². The Morgan fingerprint density at radius 3 is 2.09 bits per heavy atom. The van der Waals surface area contributed by atoms with Crippen LogP contribution in [0, 0.1) is 5.92 Å². The lowest BCUT2D eigenvalue weighted by Gasteiger charge is -2.43. The van der Waals surface area contributed by atoms with Gasteiger partial charge in [0.2, 0.25) is 5.91 Å². The van der Waals surface area contributed by atoms with Crippen molar-refractivity contribution in [3.63, 3.8) is 0 Å². The lowest BCUT2D eigenvalue weighted by atomic mass is 9.86. The molecule has 1 aromatic carbocycles. The van der Waals surface area contributed by atoms with Gasteiger partial charge >= 0.3 is 5.97 Å². The number of ketones is 1. The minimum absolute atomic E-state index is 0. The molecule has 4 atom stereocenters. The Labute approximate surface area is 202 Å². The summed E-state index contributed by atoms with van der Waals surface area (Å²) in [6.45, 7) is 2.42. The zero-order valence-electron chi connectivity index (χ0n) is 18.5. The van der Waals surface area contributed by atoms with Crippen LogP contribution >= 0.6 is 24.2 Å². The molecule has 0 saturated carbocycles. The van der Waals surface area contributed by atoms with Crippen molar-refractivity contribution in [1.82, 2.24) is 4.90 Å². The minimum Gasteiger partial charge on any atom is -0.480 e. The molecule has 2 aliphatic heterocycles. The highest BCUT2D eigenvalue weighted by atomic mass is 35.5. The number of hydrogen-bond acceptors (Lipinski definition) is 9. The van der Waals surface area contributed by atoms with Crippen LogP contribution in [-0.2, 0) is 14.4 Å². The van der Waals surface area contributed by atoms with Gasteiger partial charge in [-0.05, 0) is 19.4 Å². The molecule has 2 aliphatic rings. The summed E-state index contributed by atoms with van der Waals surface area (Å²) in [5.41, 5.74) is 10.7. The van der Waals surface area contributed by atoms with Crippen LogP contribution in [0.2, 0.25) is 0 Å². The smallest absolute Gasteiger partial charge is 0.327 e. The SMILES string of the molecule is CC1(C)S[C@@H]2[C@H](CC(=O)[C@@H](N)c3ccccc3)C(=O)N2[C@H]1C(=O)O.Cl.NC(CO)(CO)CO. The van der Waals surface area contributed by atoms with E-state index in [2.05, 4.69) is 0 Å². The minimum atomic E-state index is -1.21. The molecule has 0 aliphatic carbocycles. The molecule has 0 radical (unpaired) electrons. The quantitative estimate of drug-likeness (QED) is 0.251. The number of thioether (sulfide) groups is 1. The number of carbonyl (C=O) groups excluding carboxylic acids is 2. The number of fused-ring (bicyclic) bond motifs is 1. The Morgan fingerprint density at radius 1 is 1.15 bits per heavy atom. The number of hydrogen-bond donors (Lipinski definition) is 6. The van der Waals surface area contributed by atoms with Crippen molar-refractivity contribution >= 4 is 41.8 Å². The summed E-state index contributed by atoms with van der Waals surface area (Å²) < 4.78 is -0.578. The predicted octanol–water partition coefficient (Wildman–Crippen LogP) is -0.509. The van der Waals surface area contributed by atoms with Crippen molar-refractivity contribution in [1.29, 1.82) is 0 Å². The maximum atomic E-state index is 12.4. The van der Waals surface area contributed by atoms with E-state index in [-0.39, 0.29) is 35.9 Å². The number of aliphatic carboxylic acids is 1. The number of aliphatic hydroxyl groups is 3. The molecule has 1 amide bonds. The number of carboxylic acid groups (broad SMARTS) is 1. The van der Waals surface area contributed by atoms with E-state index in [1.165, 1.54) is 16.7 Å². The second kappa shape index (κ2) is 11.6. The number of benzene rings is 1. The van der Waals surface area contributed by atoms with E-state index in [0.717, 1.165) is 0 Å². The first kappa shape index (κ1) is 29.3. The summed E-state index contributed by atoms with van der Waals surface area (Å²) in [7, 11) is 0. The molecule has 2 saturated heterocycles. The van der Waals surface area contributed by atoms with Gasteiger partial charge in [-0.2, -0.15) is 0 Å². The molecule has 186 valence electrons. The van der Waals surface area contributed by atoms with E-state index < -0.39 is 54.1 Å². The highest BCUT2D eigenvalue weighted by Gasteiger charge is 2.63. The molecule has 2 heterocycles. The number of Topliss-reactive ketones (excluding diaryl/α,β-unsaturated/α-hetero) is 1. The maximum absolute atomic E-state index is 12.4. The number of carbonyl (C=O) groups is 3. The van der Waals surface area contributed by atoms with Crippen LogP contribution in [0.4, 0.5) is 0 Å². The van der Waals surface area contributed by atoms with Gasteiger partial charge in [0.05, 0.1) is 42.7 Å². The number of rotatable bonds is 8. The number of β-lactam (4-membered cyclic amide) rings is 1. The Bertz CT molecular complexity index is 830. The third kappa shape index (κ3) is 6.24. The van der Waals surface area contributed by atoms with Crippen molar-refractivity contribution in [2.45, 2.75) is 48.0 Å². The normalized spacial score (nSPS) is 23.9. The molecule has 0 spiro atoms. The standard InChI is InChI=1S/C17H20N2O4S.C4H11NO3.ClH/c1-17(2)13(16(22)23)19-14(21)10(15(19)24-17)8-11(20)12(18)9-6-4-3-5-7-9;5-4(1-6,2-7)3-8;/h3-7,10,12-13,15H,8,18H2,1-2H3,(H,22,23);6-8H,1-3,5H2;1H/t10-,12+,13+,15-;;/m1../s1. The van der Waals surface area contributed by atoms with Crippen LogP contribution in [0.25, 0.3) is 0 Å². The van der Waals surface area contributed by atoms with Gasteiger partial charge in [-0.15, -0.1) is 24.2 Å². The topological polar surface area (TPSA) is 187 Å². The average molecular weight is 506 g/mol. The number of nitrogens with two attached hydrogens (primary N) is 2. The lowest BCUT2D eigenvalue weighted by Crippen LogP contribution is -2.63. The summed E-state index contributed by atoms with van der Waals surface area (Å²) in [6, 6.07) is 7.42. The van der Waals surface area contributed by atoms with Gasteiger partial charge < -0.3 is 36.8 Å². The highest BCUT2D eigenvalue weighted by Crippen LogP contribution is 2.54. The number of amides is 1. The molecule has 12 heteroatoms. The first-order valence-corrected chi connectivity index (χ1v) is 11.0. The third-order valence-corrected chi connectivity index (χ3v) is 7.28. The van der Waals surface area contributed by atoms with Crippen molar-refractivity contribution in [2.75, 3.05) is 19.8 Å². The van der Waals surface area contributed by atoms with Gasteiger partial charge in [0.15, 0.2) is 5.78 Å². The Kier molecular flexibility index (Phi) is 10.3. The summed E-state index contributed by atoms with van der Waals surface area (Å²) in [5.74, 6) is -1.95. The largest absolute Gasteiger partial charge is 0.480 e. The zero-order valence-corrected chi connectivity index (χ0v) is 20.1. The monoisotopic (exact) mass is 505 g/mol. The fraction of sp³-hybridized carbons (Fsp3) is 0.571. The van der Waals surface area contributed by atoms with Crippen LogP contribution in [0.5, 0.6) is 0 Å². The highest BCUT2D eigenvalue weighted by molar-refractivity contribution is 8.01. The van der Waals surface area contributed by atoms with Gasteiger partial charge in [-0.1, -0.05) is 30.3 Å². The van der Waals surface area contributed by atoms with Gasteiger partial charge in [0.25, 0.3) is 0 Å². The van der Waals surface area contributed by atoms with E-state index in [1.54, 1.807) is 12.1 Å². The first-order chi connectivity index (χ1) is 14.9. The molecule has 1 aromatic rings. The molecule has 3 rings (SSSR count). The predicted molar refractivity (Wildman–Crippen MR) is 126 cm³/mol. The van der Waals surface area contributed by atoms with Crippen LogP contribution in [0.15, 0.2) is 30.3 Å². The Morgan fingerprint density at radius 2 is 1.67 bits per heavy atom. The van der Waals surface area contributed by atoms with Gasteiger partial charge in [-0.25, -0.2) is 4.79 Å². The molecule has 0 bridgehead atoms.